The van der Waals surface area contributed by atoms with Crippen LogP contribution >= 0.6 is 0 Å². The largest absolute Gasteiger partial charge is 0.468 e. The van der Waals surface area contributed by atoms with Crippen LogP contribution in [0, 0.1) is 5.92 Å². The van der Waals surface area contributed by atoms with Gasteiger partial charge in [-0.2, -0.15) is 0 Å². The molecular weight excluding hydrogens is 208 g/mol. The van der Waals surface area contributed by atoms with Crippen molar-refractivity contribution in [1.29, 1.82) is 0 Å². The Morgan fingerprint density at radius 1 is 1.25 bits per heavy atom. The molecule has 4 heteroatoms. The summed E-state index contributed by atoms with van der Waals surface area (Å²) in [5, 5.41) is 0. The molecule has 0 amide bonds. The van der Waals surface area contributed by atoms with Gasteiger partial charge in [0.15, 0.2) is 5.92 Å². The molecule has 1 aliphatic rings. The van der Waals surface area contributed by atoms with E-state index in [2.05, 4.69) is 15.5 Å². The Labute approximate surface area is 95.6 Å². The summed E-state index contributed by atoms with van der Waals surface area (Å²) in [6.07, 6.45) is 6.85. The van der Waals surface area contributed by atoms with E-state index in [-0.39, 0.29) is 0 Å². The number of hydrogen-bond donors (Lipinski definition) is 0. The second kappa shape index (κ2) is 6.30. The molecule has 0 radical (unpaired) electrons. The van der Waals surface area contributed by atoms with Gasteiger partial charge in [0.2, 0.25) is 0 Å². The van der Waals surface area contributed by atoms with E-state index in [1.165, 1.54) is 20.6 Å². The molecule has 90 valence electrons. The molecule has 1 aliphatic carbocycles. The molecule has 0 spiro atoms. The fourth-order valence-electron chi connectivity index (χ4n) is 1.90. The van der Waals surface area contributed by atoms with Crippen LogP contribution in [0.1, 0.15) is 32.1 Å². The van der Waals surface area contributed by atoms with E-state index in [1.54, 1.807) is 0 Å². The predicted octanol–water partition coefficient (Wildman–Crippen LogP) is 1.84. The topological polar surface area (TPSA) is 52.6 Å². The lowest BCUT2D eigenvalue weighted by atomic mass is 9.91. The van der Waals surface area contributed by atoms with Crippen molar-refractivity contribution < 1.29 is 19.1 Å². The van der Waals surface area contributed by atoms with Crippen molar-refractivity contribution >= 4 is 11.9 Å². The molecule has 16 heavy (non-hydrogen) atoms. The maximum Gasteiger partial charge on any atom is 0.320 e. The molecule has 4 nitrogen and oxygen atoms in total. The Hall–Kier alpha value is -1.32. The van der Waals surface area contributed by atoms with Crippen LogP contribution in [0.25, 0.3) is 0 Å². The van der Waals surface area contributed by atoms with E-state index >= 15 is 0 Å². The number of carbonyl (C=O) groups is 2. The van der Waals surface area contributed by atoms with Crippen molar-refractivity contribution in [3.05, 3.63) is 11.6 Å². The Balaban J connectivity index is 2.66. The van der Waals surface area contributed by atoms with Crippen LogP contribution in [0.15, 0.2) is 11.6 Å². The standard InChI is InChI=1S/C12H18O4/c1-15-11(13)10(12(14)16-2)8-9-6-4-3-5-7-9/h6,10H,3-5,7-8H2,1-2H3. The Kier molecular flexibility index (Phi) is 5.02. The zero-order valence-corrected chi connectivity index (χ0v) is 9.82. The van der Waals surface area contributed by atoms with Gasteiger partial charge in [0.1, 0.15) is 0 Å². The zero-order chi connectivity index (χ0) is 12.0. The van der Waals surface area contributed by atoms with Gasteiger partial charge in [-0.25, -0.2) is 0 Å². The Morgan fingerprint density at radius 2 is 1.88 bits per heavy atom. The zero-order valence-electron chi connectivity index (χ0n) is 9.82. The number of hydrogen-bond acceptors (Lipinski definition) is 4. The first-order valence-corrected chi connectivity index (χ1v) is 5.52. The fourth-order valence-corrected chi connectivity index (χ4v) is 1.90. The highest BCUT2D eigenvalue weighted by molar-refractivity contribution is 5.95. The van der Waals surface area contributed by atoms with Crippen LogP contribution in [0.3, 0.4) is 0 Å². The molecule has 0 atom stereocenters. The van der Waals surface area contributed by atoms with Gasteiger partial charge < -0.3 is 9.47 Å². The molecule has 1 rings (SSSR count). The number of ether oxygens (including phenoxy) is 2. The van der Waals surface area contributed by atoms with E-state index in [0.717, 1.165) is 24.8 Å². The molecule has 0 N–H and O–H groups in total. The fraction of sp³-hybridized carbons (Fsp3) is 0.667. The van der Waals surface area contributed by atoms with Crippen molar-refractivity contribution in [2.75, 3.05) is 14.2 Å². The summed E-state index contributed by atoms with van der Waals surface area (Å²) in [5.74, 6) is -1.84. The Morgan fingerprint density at radius 3 is 2.31 bits per heavy atom. The third-order valence-corrected chi connectivity index (χ3v) is 2.82. The lowest BCUT2D eigenvalue weighted by molar-refractivity contribution is -0.158. The van der Waals surface area contributed by atoms with E-state index in [0.29, 0.717) is 6.42 Å². The van der Waals surface area contributed by atoms with Gasteiger partial charge in [-0.05, 0) is 32.1 Å². The van der Waals surface area contributed by atoms with E-state index < -0.39 is 17.9 Å². The number of carbonyl (C=O) groups excluding carboxylic acids is 2. The van der Waals surface area contributed by atoms with Crippen LogP contribution in [-0.2, 0) is 19.1 Å². The van der Waals surface area contributed by atoms with Crippen molar-refractivity contribution in [2.24, 2.45) is 5.92 Å². The lowest BCUT2D eigenvalue weighted by Gasteiger charge is -2.17. The summed E-state index contributed by atoms with van der Waals surface area (Å²) < 4.78 is 9.22. The van der Waals surface area contributed by atoms with Gasteiger partial charge in [0, 0.05) is 0 Å². The predicted molar refractivity (Wildman–Crippen MR) is 58.7 cm³/mol. The average molecular weight is 226 g/mol. The molecule has 0 aromatic carbocycles. The summed E-state index contributed by atoms with van der Waals surface area (Å²) >= 11 is 0. The van der Waals surface area contributed by atoms with Crippen LogP contribution in [-0.4, -0.2) is 26.2 Å². The van der Waals surface area contributed by atoms with Crippen LogP contribution < -0.4 is 0 Å². The third kappa shape index (κ3) is 3.36. The molecule has 0 unspecified atom stereocenters. The minimum Gasteiger partial charge on any atom is -0.468 e. The van der Waals surface area contributed by atoms with Crippen LogP contribution in [0.4, 0.5) is 0 Å². The summed E-state index contributed by atoms with van der Waals surface area (Å²) in [5.41, 5.74) is 1.16. The van der Waals surface area contributed by atoms with Gasteiger partial charge in [0.05, 0.1) is 14.2 Å². The van der Waals surface area contributed by atoms with Gasteiger partial charge in [-0.15, -0.1) is 0 Å². The minimum atomic E-state index is -0.806. The first-order chi connectivity index (χ1) is 7.69. The maximum atomic E-state index is 11.4. The second-order valence-corrected chi connectivity index (χ2v) is 3.91. The van der Waals surface area contributed by atoms with E-state index in [4.69, 9.17) is 0 Å². The maximum absolute atomic E-state index is 11.4. The van der Waals surface area contributed by atoms with E-state index in [1.807, 2.05) is 0 Å². The van der Waals surface area contributed by atoms with Gasteiger partial charge >= 0.3 is 11.9 Å². The molecule has 0 saturated carbocycles. The molecule has 0 heterocycles. The second-order valence-electron chi connectivity index (χ2n) is 3.91. The van der Waals surface area contributed by atoms with Gasteiger partial charge in [-0.3, -0.25) is 9.59 Å². The van der Waals surface area contributed by atoms with Crippen LogP contribution in [0.2, 0.25) is 0 Å². The highest BCUT2D eigenvalue weighted by atomic mass is 16.5. The monoisotopic (exact) mass is 226 g/mol. The SMILES string of the molecule is COC(=O)C(CC1=CCCCC1)C(=O)OC. The number of methoxy groups -OCH3 is 2. The highest BCUT2D eigenvalue weighted by Gasteiger charge is 2.29. The molecule has 0 aromatic heterocycles. The van der Waals surface area contributed by atoms with Crippen molar-refractivity contribution in [3.8, 4) is 0 Å². The first kappa shape index (κ1) is 12.7. The lowest BCUT2D eigenvalue weighted by Crippen LogP contribution is -2.27. The van der Waals surface area contributed by atoms with Crippen molar-refractivity contribution in [1.82, 2.24) is 0 Å². The smallest absolute Gasteiger partial charge is 0.320 e. The molecule has 0 aromatic rings. The summed E-state index contributed by atoms with van der Waals surface area (Å²) in [7, 11) is 2.57. The summed E-state index contributed by atoms with van der Waals surface area (Å²) in [6, 6.07) is 0. The quantitative estimate of drug-likeness (QED) is 0.417. The summed E-state index contributed by atoms with van der Waals surface area (Å²) in [4.78, 5) is 22.9. The number of rotatable bonds is 4. The van der Waals surface area contributed by atoms with Crippen molar-refractivity contribution in [2.45, 2.75) is 32.1 Å². The van der Waals surface area contributed by atoms with Gasteiger partial charge in [0.25, 0.3) is 0 Å². The molecule has 0 bridgehead atoms. The van der Waals surface area contributed by atoms with Gasteiger partial charge in [-0.1, -0.05) is 11.6 Å². The normalized spacial score (nSPS) is 15.6. The van der Waals surface area contributed by atoms with Crippen LogP contribution in [0.5, 0.6) is 0 Å². The number of esters is 2. The van der Waals surface area contributed by atoms with E-state index in [9.17, 15) is 9.59 Å². The summed E-state index contributed by atoms with van der Waals surface area (Å²) in [6.45, 7) is 0. The number of allylic oxidation sites excluding steroid dienone is 2. The Bertz CT molecular complexity index is 277. The average Bonchev–Trinajstić information content (AvgIpc) is 2.35. The highest BCUT2D eigenvalue weighted by Crippen LogP contribution is 2.24. The molecule has 0 fully saturated rings. The third-order valence-electron chi connectivity index (χ3n) is 2.82. The molecule has 0 saturated heterocycles. The van der Waals surface area contributed by atoms with Crippen molar-refractivity contribution in [3.63, 3.8) is 0 Å². The first-order valence-electron chi connectivity index (χ1n) is 5.52. The molecular formula is C12H18O4. The molecule has 0 aliphatic heterocycles. The minimum absolute atomic E-state index is 0.430.